The summed E-state index contributed by atoms with van der Waals surface area (Å²) in [4.78, 5) is 26.4. The second-order valence-electron chi connectivity index (χ2n) is 12.8. The van der Waals surface area contributed by atoms with Crippen LogP contribution in [0.4, 0.5) is 39.5 Å². The van der Waals surface area contributed by atoms with Crippen LogP contribution in [0.5, 0.6) is 0 Å². The number of alkyl halides is 9. The summed E-state index contributed by atoms with van der Waals surface area (Å²) >= 11 is 0. The number of unbranched alkanes of at least 4 members (excludes halogenated alkanes) is 7. The van der Waals surface area contributed by atoms with Crippen molar-refractivity contribution in [2.24, 2.45) is 0 Å². The molecule has 0 aliphatic carbocycles. The normalized spacial score (nSPS) is 13.9. The first-order valence-electron chi connectivity index (χ1n) is 16.9. The summed E-state index contributed by atoms with van der Waals surface area (Å²) in [5, 5.41) is 0.122. The molecule has 5 rings (SSSR count). The Morgan fingerprint density at radius 2 is 0.788 bits per heavy atom. The van der Waals surface area contributed by atoms with E-state index in [1.165, 1.54) is 23.1 Å². The molecule has 0 atom stereocenters. The van der Waals surface area contributed by atoms with Gasteiger partial charge in [0.15, 0.2) is 0 Å². The van der Waals surface area contributed by atoms with Gasteiger partial charge in [-0.2, -0.15) is 39.5 Å². The van der Waals surface area contributed by atoms with Crippen molar-refractivity contribution in [1.82, 2.24) is 4.90 Å². The molecule has 0 bridgehead atoms. The minimum atomic E-state index is -4.79. The van der Waals surface area contributed by atoms with E-state index in [2.05, 4.69) is 0 Å². The van der Waals surface area contributed by atoms with Crippen molar-refractivity contribution in [3.8, 4) is 0 Å². The molecule has 0 radical (unpaired) electrons. The fraction of sp³-hybridized carbons (Fsp3) is 0.333. The summed E-state index contributed by atoms with van der Waals surface area (Å²) in [6.07, 6.45) is -8.95. The molecule has 1 aliphatic heterocycles. The van der Waals surface area contributed by atoms with E-state index < -0.39 is 42.5 Å². The van der Waals surface area contributed by atoms with E-state index in [4.69, 9.17) is 0 Å². The van der Waals surface area contributed by atoms with Crippen molar-refractivity contribution in [3.63, 3.8) is 0 Å². The molecule has 1 aliphatic rings. The number of hydrogen-bond donors (Lipinski definition) is 0. The maximum absolute atomic E-state index is 14.0. The van der Waals surface area contributed by atoms with Crippen LogP contribution in [0.15, 0.2) is 97.1 Å². The van der Waals surface area contributed by atoms with Gasteiger partial charge < -0.3 is 0 Å². The zero-order valence-electron chi connectivity index (χ0n) is 27.9. The van der Waals surface area contributed by atoms with Gasteiger partial charge in [0.2, 0.25) is 0 Å². The van der Waals surface area contributed by atoms with Crippen molar-refractivity contribution < 1.29 is 49.1 Å². The van der Waals surface area contributed by atoms with Gasteiger partial charge in [-0.05, 0) is 86.0 Å². The number of carbonyl (C=O) groups is 2. The van der Waals surface area contributed by atoms with Crippen LogP contribution >= 0.6 is 7.26 Å². The lowest BCUT2D eigenvalue weighted by Gasteiger charge is -2.29. The predicted molar refractivity (Wildman–Crippen MR) is 184 cm³/mol. The van der Waals surface area contributed by atoms with E-state index in [-0.39, 0.29) is 33.9 Å². The molecular formula is C39H36F9NO2P+. The average molecular weight is 753 g/mol. The van der Waals surface area contributed by atoms with Crippen molar-refractivity contribution in [3.05, 3.63) is 125 Å². The summed E-state index contributed by atoms with van der Waals surface area (Å²) in [5.41, 5.74) is -2.34. The summed E-state index contributed by atoms with van der Waals surface area (Å²) < 4.78 is 126. The van der Waals surface area contributed by atoms with Crippen LogP contribution in [0.1, 0.15) is 88.8 Å². The van der Waals surface area contributed by atoms with E-state index >= 15 is 0 Å². The standard InChI is InChI=1S/C39H36F9NO2P/c40-37(41,42)27-14-11-17-30(24-27)52(31-18-12-15-28(25-31)38(43,44)45,32-19-13-16-29(26-32)39(46,47)48)23-10-6-4-2-1-3-5-9-22-49-35(50)33-20-7-8-21-34(33)36(49)51/h7-8,11-21,24-26H,1-6,9-10,22-23H2/q+1. The van der Waals surface area contributed by atoms with Crippen molar-refractivity contribution in [2.75, 3.05) is 12.7 Å². The predicted octanol–water partition coefficient (Wildman–Crippen LogP) is 10.5. The van der Waals surface area contributed by atoms with E-state index in [1.54, 1.807) is 24.3 Å². The molecule has 0 N–H and O–H groups in total. The van der Waals surface area contributed by atoms with Crippen molar-refractivity contribution in [1.29, 1.82) is 0 Å². The number of fused-ring (bicyclic) bond motifs is 1. The third kappa shape index (κ3) is 8.71. The number of imide groups is 1. The molecule has 4 aromatic carbocycles. The molecule has 1 heterocycles. The Balaban J connectivity index is 1.32. The Morgan fingerprint density at radius 3 is 1.15 bits per heavy atom. The largest absolute Gasteiger partial charge is 0.416 e. The fourth-order valence-corrected chi connectivity index (χ4v) is 11.2. The Kier molecular flexibility index (Phi) is 11.9. The second-order valence-corrected chi connectivity index (χ2v) is 16.4. The lowest BCUT2D eigenvalue weighted by molar-refractivity contribution is -0.138. The van der Waals surface area contributed by atoms with Crippen molar-refractivity contribution >= 4 is 35.0 Å². The quantitative estimate of drug-likeness (QED) is 0.0557. The Hall–Kier alpha value is -4.18. The van der Waals surface area contributed by atoms with Gasteiger partial charge in [-0.3, -0.25) is 14.5 Å². The number of carbonyl (C=O) groups excluding carboxylic acids is 2. The molecule has 276 valence electrons. The lowest BCUT2D eigenvalue weighted by Crippen LogP contribution is -2.35. The zero-order valence-corrected chi connectivity index (χ0v) is 28.8. The third-order valence-corrected chi connectivity index (χ3v) is 13.8. The molecule has 52 heavy (non-hydrogen) atoms. The topological polar surface area (TPSA) is 37.4 Å². The molecule has 0 saturated carbocycles. The molecule has 3 nitrogen and oxygen atoms in total. The third-order valence-electron chi connectivity index (χ3n) is 9.35. The molecule has 0 unspecified atom stereocenters. The fourth-order valence-electron chi connectivity index (χ4n) is 6.72. The molecular weight excluding hydrogens is 716 g/mol. The monoisotopic (exact) mass is 752 g/mol. The maximum Gasteiger partial charge on any atom is 0.416 e. The van der Waals surface area contributed by atoms with Crippen LogP contribution in [-0.4, -0.2) is 29.4 Å². The number of nitrogens with zero attached hydrogens (tertiary/aromatic N) is 1. The first kappa shape index (κ1) is 39.0. The van der Waals surface area contributed by atoms with Crippen molar-refractivity contribution in [2.45, 2.75) is 69.9 Å². The number of rotatable bonds is 14. The zero-order chi connectivity index (χ0) is 37.7. The highest BCUT2D eigenvalue weighted by atomic mass is 31.2. The molecule has 13 heteroatoms. The minimum Gasteiger partial charge on any atom is -0.274 e. The molecule has 0 fully saturated rings. The van der Waals surface area contributed by atoms with Gasteiger partial charge in [-0.15, -0.1) is 0 Å². The molecule has 0 saturated heterocycles. The number of hydrogen-bond acceptors (Lipinski definition) is 2. The van der Waals surface area contributed by atoms with Crippen LogP contribution in [-0.2, 0) is 18.5 Å². The number of benzene rings is 4. The van der Waals surface area contributed by atoms with Gasteiger partial charge >= 0.3 is 18.5 Å². The number of amides is 2. The van der Waals surface area contributed by atoms with Crippen LogP contribution < -0.4 is 15.9 Å². The van der Waals surface area contributed by atoms with Crippen LogP contribution in [0, 0.1) is 0 Å². The summed E-state index contributed by atoms with van der Waals surface area (Å²) in [6, 6.07) is 19.2. The second kappa shape index (κ2) is 15.8. The molecule has 2 amide bonds. The van der Waals surface area contributed by atoms with Gasteiger partial charge in [-0.25, -0.2) is 0 Å². The van der Waals surface area contributed by atoms with E-state index in [1.807, 2.05) is 0 Å². The minimum absolute atomic E-state index is 0.0408. The lowest BCUT2D eigenvalue weighted by atomic mass is 10.1. The van der Waals surface area contributed by atoms with Gasteiger partial charge in [0, 0.05) is 6.54 Å². The Morgan fingerprint density at radius 1 is 0.442 bits per heavy atom. The van der Waals surface area contributed by atoms with Gasteiger partial charge in [0.05, 0.1) is 34.0 Å². The highest BCUT2D eigenvalue weighted by Gasteiger charge is 2.48. The van der Waals surface area contributed by atoms with Gasteiger partial charge in [-0.1, -0.05) is 62.4 Å². The van der Waals surface area contributed by atoms with Crippen LogP contribution in [0.25, 0.3) is 0 Å². The molecule has 0 aromatic heterocycles. The van der Waals surface area contributed by atoms with Crippen LogP contribution in [0.2, 0.25) is 0 Å². The highest BCUT2D eigenvalue weighted by Crippen LogP contribution is 2.57. The van der Waals surface area contributed by atoms with Crippen LogP contribution in [0.3, 0.4) is 0 Å². The number of halogens is 9. The molecule has 4 aromatic rings. The smallest absolute Gasteiger partial charge is 0.274 e. The highest BCUT2D eigenvalue weighted by molar-refractivity contribution is 7.95. The Labute approximate surface area is 296 Å². The molecule has 0 spiro atoms. The summed E-state index contributed by atoms with van der Waals surface area (Å²) in [6.45, 7) is 0.304. The summed E-state index contributed by atoms with van der Waals surface area (Å²) in [5.74, 6) is -0.611. The van der Waals surface area contributed by atoms with E-state index in [9.17, 15) is 49.1 Å². The van der Waals surface area contributed by atoms with E-state index in [0.29, 0.717) is 43.4 Å². The average Bonchev–Trinajstić information content (AvgIpc) is 3.34. The Bertz CT molecular complexity index is 1710. The van der Waals surface area contributed by atoms with Gasteiger partial charge in [0.25, 0.3) is 11.8 Å². The first-order valence-corrected chi connectivity index (χ1v) is 18.9. The van der Waals surface area contributed by atoms with E-state index in [0.717, 1.165) is 80.3 Å². The maximum atomic E-state index is 14.0. The van der Waals surface area contributed by atoms with Gasteiger partial charge in [0.1, 0.15) is 23.2 Å². The summed E-state index contributed by atoms with van der Waals surface area (Å²) in [7, 11) is -3.52. The SMILES string of the molecule is O=C1c2ccccc2C(=O)N1CCCCCCCCCC[P+](c1cccc(C(F)(F)F)c1)(c1cccc(C(F)(F)F)c1)c1cccc(C(F)(F)F)c1. The first-order chi connectivity index (χ1) is 24.5.